The minimum atomic E-state index is -0.146. The molecular weight excluding hydrogens is 392 g/mol. The van der Waals surface area contributed by atoms with Crippen molar-refractivity contribution in [3.8, 4) is 0 Å². The summed E-state index contributed by atoms with van der Waals surface area (Å²) in [6.07, 6.45) is 13.3. The third-order valence-electron chi connectivity index (χ3n) is 5.65. The number of rotatable bonds is 5. The van der Waals surface area contributed by atoms with Crippen LogP contribution in [0.4, 0.5) is 0 Å². The first kappa shape index (κ1) is 20.3. The summed E-state index contributed by atoms with van der Waals surface area (Å²) in [5, 5.41) is 0. The molecule has 2 fully saturated rings. The maximum Gasteiger partial charge on any atom is 0.101 e. The van der Waals surface area contributed by atoms with Crippen LogP contribution >= 0.6 is 0 Å². The summed E-state index contributed by atoms with van der Waals surface area (Å²) in [5.74, 6) is 1.30. The van der Waals surface area contributed by atoms with Gasteiger partial charge in [0, 0.05) is 40.8 Å². The van der Waals surface area contributed by atoms with Crippen molar-refractivity contribution in [3.05, 3.63) is 0 Å². The van der Waals surface area contributed by atoms with Gasteiger partial charge in [0.25, 0.3) is 0 Å². The van der Waals surface area contributed by atoms with E-state index in [4.69, 9.17) is 9.78 Å². The number of hydrogen-bond donors (Lipinski definition) is 0. The summed E-state index contributed by atoms with van der Waals surface area (Å²) in [6, 6.07) is 0. The first-order chi connectivity index (χ1) is 9.42. The maximum atomic E-state index is 5.99. The zero-order valence-electron chi connectivity index (χ0n) is 14.5. The van der Waals surface area contributed by atoms with E-state index in [1.54, 1.807) is 0 Å². The zero-order chi connectivity index (χ0) is 14.6. The van der Waals surface area contributed by atoms with Crippen LogP contribution in [0.2, 0.25) is 0 Å². The largest absolute Gasteiger partial charge is 0.230 e. The van der Waals surface area contributed by atoms with Crippen LogP contribution in [0, 0.1) is 52.7 Å². The van der Waals surface area contributed by atoms with Gasteiger partial charge in [0.15, 0.2) is 0 Å². The van der Waals surface area contributed by atoms with Gasteiger partial charge in [-0.2, -0.15) is 0 Å². The molecule has 0 aliphatic heterocycles. The molecule has 2 saturated carbocycles. The van der Waals surface area contributed by atoms with Crippen molar-refractivity contribution in [1.29, 1.82) is 0 Å². The summed E-state index contributed by atoms with van der Waals surface area (Å²) in [5.41, 5.74) is -0.293. The second-order valence-corrected chi connectivity index (χ2v) is 8.04. The fourth-order valence-electron chi connectivity index (χ4n) is 3.95. The summed E-state index contributed by atoms with van der Waals surface area (Å²) in [4.78, 5) is 12.0. The quantitative estimate of drug-likeness (QED) is 0.418. The summed E-state index contributed by atoms with van der Waals surface area (Å²) in [6.45, 7) is 8.83. The van der Waals surface area contributed by atoms with Gasteiger partial charge in [-0.25, -0.2) is 9.78 Å². The maximum absolute atomic E-state index is 5.99. The molecule has 0 aromatic heterocycles. The van der Waals surface area contributed by atoms with Crippen molar-refractivity contribution in [2.75, 3.05) is 0 Å². The predicted octanol–water partition coefficient (Wildman–Crippen LogP) is 5.65. The molecule has 0 unspecified atom stereocenters. The van der Waals surface area contributed by atoms with E-state index in [0.717, 1.165) is 0 Å². The Morgan fingerprint density at radius 2 is 0.857 bits per heavy atom. The molecule has 0 amide bonds. The average molecular weight is 427 g/mol. The van der Waals surface area contributed by atoms with Gasteiger partial charge in [-0.1, -0.05) is 38.5 Å². The predicted molar refractivity (Wildman–Crippen MR) is 83.5 cm³/mol. The Morgan fingerprint density at radius 3 is 1.14 bits per heavy atom. The fourth-order valence-corrected chi connectivity index (χ4v) is 3.95. The molecule has 2 nitrogen and oxygen atoms in total. The minimum absolute atomic E-state index is 0. The van der Waals surface area contributed by atoms with Gasteiger partial charge in [-0.15, -0.1) is 0 Å². The van der Waals surface area contributed by atoms with Gasteiger partial charge >= 0.3 is 0 Å². The second-order valence-electron chi connectivity index (χ2n) is 8.04. The standard InChI is InChI=1S/C18H34O2.Nd/c1-17(2,15-11-7-5-8-12-15)19-20-18(3,4)16-13-9-6-10-14-16;/h15-16H,5-14H2,1-4H3;. The van der Waals surface area contributed by atoms with Crippen molar-refractivity contribution in [2.24, 2.45) is 11.8 Å². The summed E-state index contributed by atoms with van der Waals surface area (Å²) in [7, 11) is 0. The molecule has 2 aliphatic carbocycles. The molecule has 0 atom stereocenters. The first-order valence-corrected chi connectivity index (χ1v) is 8.79. The van der Waals surface area contributed by atoms with E-state index in [9.17, 15) is 0 Å². The Labute approximate surface area is 164 Å². The van der Waals surface area contributed by atoms with Crippen LogP contribution in [-0.4, -0.2) is 11.2 Å². The van der Waals surface area contributed by atoms with E-state index in [1.807, 2.05) is 0 Å². The Morgan fingerprint density at radius 1 is 0.571 bits per heavy atom. The molecule has 0 N–H and O–H groups in total. The van der Waals surface area contributed by atoms with Crippen LogP contribution in [0.25, 0.3) is 0 Å². The van der Waals surface area contributed by atoms with E-state index in [-0.39, 0.29) is 52.0 Å². The van der Waals surface area contributed by atoms with E-state index >= 15 is 0 Å². The molecule has 0 spiro atoms. The Balaban J connectivity index is 0.00000220. The molecule has 0 radical (unpaired) electrons. The van der Waals surface area contributed by atoms with Crippen molar-refractivity contribution < 1.29 is 50.6 Å². The van der Waals surface area contributed by atoms with Gasteiger partial charge in [0.05, 0.1) is 0 Å². The van der Waals surface area contributed by atoms with Crippen LogP contribution in [0.1, 0.15) is 91.9 Å². The second kappa shape index (κ2) is 8.94. The van der Waals surface area contributed by atoms with Crippen LogP contribution < -0.4 is 0 Å². The van der Waals surface area contributed by atoms with Crippen molar-refractivity contribution >= 4 is 0 Å². The fraction of sp³-hybridized carbons (Fsp3) is 1.00. The molecule has 0 saturated heterocycles. The molecule has 122 valence electrons. The van der Waals surface area contributed by atoms with Crippen molar-refractivity contribution in [2.45, 2.75) is 103 Å². The summed E-state index contributed by atoms with van der Waals surface area (Å²) >= 11 is 0. The van der Waals surface area contributed by atoms with E-state index in [1.165, 1.54) is 64.2 Å². The monoisotopic (exact) mass is 424 g/mol. The summed E-state index contributed by atoms with van der Waals surface area (Å²) < 4.78 is 0. The van der Waals surface area contributed by atoms with E-state index in [2.05, 4.69) is 27.7 Å². The zero-order valence-corrected chi connectivity index (χ0v) is 17.8. The van der Waals surface area contributed by atoms with Gasteiger partial charge < -0.3 is 0 Å². The van der Waals surface area contributed by atoms with Gasteiger partial charge in [0.1, 0.15) is 11.2 Å². The van der Waals surface area contributed by atoms with Crippen LogP contribution in [-0.2, 0) is 9.78 Å². The molecular formula is C18H34NdO2. The topological polar surface area (TPSA) is 18.5 Å². The van der Waals surface area contributed by atoms with Crippen LogP contribution in [0.5, 0.6) is 0 Å². The Kier molecular flexibility index (Phi) is 8.65. The third kappa shape index (κ3) is 6.00. The number of hydrogen-bond acceptors (Lipinski definition) is 2. The van der Waals surface area contributed by atoms with Gasteiger partial charge in [0.2, 0.25) is 0 Å². The van der Waals surface area contributed by atoms with E-state index in [0.29, 0.717) is 11.8 Å². The smallest absolute Gasteiger partial charge is 0.101 e. The van der Waals surface area contributed by atoms with Crippen LogP contribution in [0.15, 0.2) is 0 Å². The molecule has 3 heteroatoms. The molecule has 2 aliphatic rings. The van der Waals surface area contributed by atoms with E-state index < -0.39 is 0 Å². The first-order valence-electron chi connectivity index (χ1n) is 8.79. The molecule has 21 heavy (non-hydrogen) atoms. The average Bonchev–Trinajstić information content (AvgIpc) is 2.47. The third-order valence-corrected chi connectivity index (χ3v) is 5.65. The normalized spacial score (nSPS) is 22.9. The molecule has 0 aromatic carbocycles. The van der Waals surface area contributed by atoms with Crippen molar-refractivity contribution in [1.82, 2.24) is 0 Å². The van der Waals surface area contributed by atoms with Crippen LogP contribution in [0.3, 0.4) is 0 Å². The SMILES string of the molecule is CC(C)(OOC(C)(C)C1CCCCC1)C1CCCCC1.[Nd]. The minimum Gasteiger partial charge on any atom is -0.230 e. The molecule has 0 heterocycles. The Bertz CT molecular complexity index is 260. The Hall–Kier alpha value is 1.27. The molecule has 0 aromatic rings. The van der Waals surface area contributed by atoms with Gasteiger partial charge in [-0.05, 0) is 65.2 Å². The van der Waals surface area contributed by atoms with Crippen molar-refractivity contribution in [3.63, 3.8) is 0 Å². The van der Waals surface area contributed by atoms with Gasteiger partial charge in [-0.3, -0.25) is 0 Å². The molecule has 2 rings (SSSR count). The molecule has 0 bridgehead atoms.